The fourth-order valence-electron chi connectivity index (χ4n) is 1.56. The number of rotatable bonds is 4. The van der Waals surface area contributed by atoms with Gasteiger partial charge >= 0.3 is 6.36 Å². The van der Waals surface area contributed by atoms with Crippen LogP contribution < -0.4 is 10.1 Å². The molecule has 1 amide bonds. The molecule has 0 aliphatic rings. The van der Waals surface area contributed by atoms with Gasteiger partial charge in [0.15, 0.2) is 0 Å². The molecule has 6 heteroatoms. The standard InChI is InChI=1S/C14H16F3NO2/c1-9(2)8-13(19)18-10(3)11-4-6-12(7-5-11)20-14(15,16)17/h4-8,10H,1-3H3,(H,18,19)/t10-/m1/s1. The Morgan fingerprint density at radius 2 is 1.80 bits per heavy atom. The normalized spacial score (nSPS) is 12.5. The molecule has 0 fully saturated rings. The Kier molecular flexibility index (Phi) is 5.19. The summed E-state index contributed by atoms with van der Waals surface area (Å²) < 4.78 is 39.8. The third-order valence-corrected chi connectivity index (χ3v) is 2.39. The lowest BCUT2D eigenvalue weighted by atomic mass is 10.1. The maximum Gasteiger partial charge on any atom is 0.573 e. The summed E-state index contributed by atoms with van der Waals surface area (Å²) in [6.45, 7) is 5.34. The van der Waals surface area contributed by atoms with Crippen LogP contribution in [0.4, 0.5) is 13.2 Å². The van der Waals surface area contributed by atoms with Crippen LogP contribution in [-0.2, 0) is 4.79 Å². The molecular formula is C14H16F3NO2. The first kappa shape index (κ1) is 16.1. The van der Waals surface area contributed by atoms with Crippen molar-refractivity contribution in [2.24, 2.45) is 0 Å². The predicted octanol–water partition coefficient (Wildman–Crippen LogP) is 3.73. The lowest BCUT2D eigenvalue weighted by molar-refractivity contribution is -0.274. The molecule has 3 nitrogen and oxygen atoms in total. The number of hydrogen-bond acceptors (Lipinski definition) is 2. The summed E-state index contributed by atoms with van der Waals surface area (Å²) in [4.78, 5) is 11.5. The Hall–Kier alpha value is -1.98. The first-order valence-corrected chi connectivity index (χ1v) is 5.98. The Morgan fingerprint density at radius 1 is 1.25 bits per heavy atom. The second-order valence-corrected chi connectivity index (χ2v) is 4.57. The molecular weight excluding hydrogens is 271 g/mol. The molecule has 20 heavy (non-hydrogen) atoms. The van der Waals surface area contributed by atoms with E-state index in [0.717, 1.165) is 5.57 Å². The maximum absolute atomic E-state index is 12.0. The fraction of sp³-hybridized carbons (Fsp3) is 0.357. The fourth-order valence-corrected chi connectivity index (χ4v) is 1.56. The Morgan fingerprint density at radius 3 is 2.25 bits per heavy atom. The summed E-state index contributed by atoms with van der Waals surface area (Å²) >= 11 is 0. The minimum atomic E-state index is -4.70. The van der Waals surface area contributed by atoms with E-state index in [4.69, 9.17) is 0 Å². The van der Waals surface area contributed by atoms with E-state index in [9.17, 15) is 18.0 Å². The highest BCUT2D eigenvalue weighted by Crippen LogP contribution is 2.24. The van der Waals surface area contributed by atoms with E-state index in [0.29, 0.717) is 5.56 Å². The van der Waals surface area contributed by atoms with Gasteiger partial charge in [-0.05, 0) is 38.5 Å². The lowest BCUT2D eigenvalue weighted by Gasteiger charge is -2.14. The van der Waals surface area contributed by atoms with E-state index < -0.39 is 6.36 Å². The number of allylic oxidation sites excluding steroid dienone is 1. The molecule has 0 unspecified atom stereocenters. The van der Waals surface area contributed by atoms with Gasteiger partial charge < -0.3 is 10.1 Å². The monoisotopic (exact) mass is 287 g/mol. The molecule has 1 N–H and O–H groups in total. The average Bonchev–Trinajstić information content (AvgIpc) is 2.26. The van der Waals surface area contributed by atoms with Crippen molar-refractivity contribution in [3.63, 3.8) is 0 Å². The molecule has 0 bridgehead atoms. The van der Waals surface area contributed by atoms with Crippen molar-refractivity contribution in [1.82, 2.24) is 5.32 Å². The summed E-state index contributed by atoms with van der Waals surface area (Å²) in [6.07, 6.45) is -3.25. The van der Waals surface area contributed by atoms with Gasteiger partial charge in [0.1, 0.15) is 5.75 Å². The number of halogens is 3. The lowest BCUT2D eigenvalue weighted by Crippen LogP contribution is -2.25. The minimum absolute atomic E-state index is 0.242. The van der Waals surface area contributed by atoms with Crippen LogP contribution in [0.15, 0.2) is 35.9 Å². The summed E-state index contributed by atoms with van der Waals surface area (Å²) in [5, 5.41) is 2.72. The van der Waals surface area contributed by atoms with Crippen LogP contribution in [0.3, 0.4) is 0 Å². The second-order valence-electron chi connectivity index (χ2n) is 4.57. The van der Waals surface area contributed by atoms with Gasteiger partial charge in [-0.25, -0.2) is 0 Å². The summed E-state index contributed by atoms with van der Waals surface area (Å²) in [5.74, 6) is -0.530. The number of benzene rings is 1. The van der Waals surface area contributed by atoms with Crippen molar-refractivity contribution in [3.8, 4) is 5.75 Å². The number of carbonyl (C=O) groups excluding carboxylic acids is 1. The van der Waals surface area contributed by atoms with Crippen molar-refractivity contribution in [2.75, 3.05) is 0 Å². The molecule has 0 saturated carbocycles. The molecule has 1 aromatic carbocycles. The van der Waals surface area contributed by atoms with Crippen LogP contribution in [0.25, 0.3) is 0 Å². The van der Waals surface area contributed by atoms with Crippen molar-refractivity contribution < 1.29 is 22.7 Å². The molecule has 1 rings (SSSR count). The van der Waals surface area contributed by atoms with E-state index in [1.165, 1.54) is 30.3 Å². The van der Waals surface area contributed by atoms with Crippen LogP contribution in [0.5, 0.6) is 5.75 Å². The Bertz CT molecular complexity index is 488. The molecule has 0 aliphatic carbocycles. The van der Waals surface area contributed by atoms with Gasteiger partial charge in [0.05, 0.1) is 6.04 Å². The quantitative estimate of drug-likeness (QED) is 0.857. The SMILES string of the molecule is CC(C)=CC(=O)N[C@H](C)c1ccc(OC(F)(F)F)cc1. The van der Waals surface area contributed by atoms with Crippen molar-refractivity contribution in [2.45, 2.75) is 33.2 Å². The summed E-state index contributed by atoms with van der Waals surface area (Å²) in [5.41, 5.74) is 1.55. The van der Waals surface area contributed by atoms with Gasteiger partial charge in [0.25, 0.3) is 0 Å². The zero-order valence-electron chi connectivity index (χ0n) is 11.4. The maximum atomic E-state index is 12.0. The number of alkyl halides is 3. The highest BCUT2D eigenvalue weighted by Gasteiger charge is 2.31. The molecule has 1 aromatic rings. The Balaban J connectivity index is 2.68. The van der Waals surface area contributed by atoms with E-state index in [-0.39, 0.29) is 17.7 Å². The first-order valence-electron chi connectivity index (χ1n) is 5.98. The molecule has 0 radical (unpaired) electrons. The zero-order valence-corrected chi connectivity index (χ0v) is 11.4. The van der Waals surface area contributed by atoms with Gasteiger partial charge in [-0.2, -0.15) is 0 Å². The average molecular weight is 287 g/mol. The van der Waals surface area contributed by atoms with Gasteiger partial charge in [-0.1, -0.05) is 17.7 Å². The first-order chi connectivity index (χ1) is 9.17. The zero-order chi connectivity index (χ0) is 15.3. The third-order valence-electron chi connectivity index (χ3n) is 2.39. The van der Waals surface area contributed by atoms with Crippen LogP contribution >= 0.6 is 0 Å². The van der Waals surface area contributed by atoms with Gasteiger partial charge in [-0.15, -0.1) is 13.2 Å². The van der Waals surface area contributed by atoms with E-state index in [1.807, 2.05) is 0 Å². The largest absolute Gasteiger partial charge is 0.573 e. The molecule has 0 aromatic heterocycles. The predicted molar refractivity (Wildman–Crippen MR) is 69.1 cm³/mol. The topological polar surface area (TPSA) is 38.3 Å². The van der Waals surface area contributed by atoms with Gasteiger partial charge in [0, 0.05) is 6.08 Å². The molecule has 1 atom stereocenters. The number of hydrogen-bond donors (Lipinski definition) is 1. The molecule has 0 aliphatic heterocycles. The molecule has 0 spiro atoms. The van der Waals surface area contributed by atoms with Crippen LogP contribution in [0.2, 0.25) is 0 Å². The second kappa shape index (κ2) is 6.45. The van der Waals surface area contributed by atoms with Gasteiger partial charge in [0.2, 0.25) is 5.91 Å². The van der Waals surface area contributed by atoms with E-state index in [2.05, 4.69) is 10.1 Å². The summed E-state index contributed by atoms with van der Waals surface area (Å²) in [7, 11) is 0. The molecule has 0 saturated heterocycles. The molecule has 0 heterocycles. The smallest absolute Gasteiger partial charge is 0.406 e. The van der Waals surface area contributed by atoms with E-state index >= 15 is 0 Å². The van der Waals surface area contributed by atoms with Crippen LogP contribution in [-0.4, -0.2) is 12.3 Å². The number of amides is 1. The number of ether oxygens (including phenoxy) is 1. The Labute approximate surface area is 115 Å². The highest BCUT2D eigenvalue weighted by atomic mass is 19.4. The summed E-state index contributed by atoms with van der Waals surface area (Å²) in [6, 6.07) is 5.08. The molecule has 110 valence electrons. The van der Waals surface area contributed by atoms with E-state index in [1.54, 1.807) is 20.8 Å². The minimum Gasteiger partial charge on any atom is -0.406 e. The number of nitrogens with one attached hydrogen (secondary N) is 1. The van der Waals surface area contributed by atoms with Crippen molar-refractivity contribution in [3.05, 3.63) is 41.5 Å². The number of carbonyl (C=O) groups is 1. The van der Waals surface area contributed by atoms with Crippen molar-refractivity contribution in [1.29, 1.82) is 0 Å². The van der Waals surface area contributed by atoms with Crippen LogP contribution in [0, 0.1) is 0 Å². The van der Waals surface area contributed by atoms with Crippen molar-refractivity contribution >= 4 is 5.91 Å². The third kappa shape index (κ3) is 5.77. The highest BCUT2D eigenvalue weighted by molar-refractivity contribution is 5.88. The van der Waals surface area contributed by atoms with Gasteiger partial charge in [-0.3, -0.25) is 4.79 Å². The van der Waals surface area contributed by atoms with Crippen LogP contribution in [0.1, 0.15) is 32.4 Å².